The lowest BCUT2D eigenvalue weighted by molar-refractivity contribution is 0.673. The van der Waals surface area contributed by atoms with E-state index in [1.165, 1.54) is 5.39 Å². The Balaban J connectivity index is 1.55. The van der Waals surface area contributed by atoms with E-state index >= 15 is 0 Å². The average Bonchev–Trinajstić information content (AvgIpc) is 3.54. The zero-order chi connectivity index (χ0) is 24.5. The van der Waals surface area contributed by atoms with E-state index in [4.69, 9.17) is 14.4 Å². The lowest BCUT2D eigenvalue weighted by atomic mass is 10.0. The number of imidazole rings is 1. The summed E-state index contributed by atoms with van der Waals surface area (Å²) in [5, 5.41) is 5.56. The Kier molecular flexibility index (Phi) is 4.12. The molecule has 0 aliphatic carbocycles. The van der Waals surface area contributed by atoms with Crippen molar-refractivity contribution < 1.29 is 4.42 Å². The fraction of sp³-hybridized carbons (Fsp3) is 0.0303. The molecule has 0 unspecified atom stereocenters. The van der Waals surface area contributed by atoms with Crippen LogP contribution in [0, 0.1) is 6.92 Å². The van der Waals surface area contributed by atoms with Crippen molar-refractivity contribution in [3.63, 3.8) is 0 Å². The summed E-state index contributed by atoms with van der Waals surface area (Å²) in [7, 11) is 0. The summed E-state index contributed by atoms with van der Waals surface area (Å²) >= 11 is 0. The van der Waals surface area contributed by atoms with Crippen LogP contribution < -0.4 is 0 Å². The molecule has 0 saturated heterocycles. The minimum Gasteiger partial charge on any atom is -0.455 e. The van der Waals surface area contributed by atoms with Crippen LogP contribution in [0.2, 0.25) is 0 Å². The van der Waals surface area contributed by atoms with Crippen LogP contribution >= 0.6 is 0 Å². The Bertz CT molecular complexity index is 2150. The van der Waals surface area contributed by atoms with Gasteiger partial charge in [0, 0.05) is 27.2 Å². The summed E-state index contributed by atoms with van der Waals surface area (Å²) in [5.41, 5.74) is 7.59. The van der Waals surface area contributed by atoms with Crippen molar-refractivity contribution in [3.8, 4) is 17.1 Å². The maximum atomic E-state index is 6.69. The maximum absolute atomic E-state index is 6.69. The summed E-state index contributed by atoms with van der Waals surface area (Å²) in [5.74, 6) is 0.844. The topological polar surface area (TPSA) is 43.9 Å². The van der Waals surface area contributed by atoms with Crippen molar-refractivity contribution in [3.05, 3.63) is 115 Å². The molecule has 0 radical (unpaired) electrons. The molecule has 4 nitrogen and oxygen atoms in total. The molecule has 5 aromatic carbocycles. The van der Waals surface area contributed by atoms with Gasteiger partial charge >= 0.3 is 0 Å². The molecular formula is C33H21N3O. The lowest BCUT2D eigenvalue weighted by Crippen LogP contribution is -1.98. The average molecular weight is 476 g/mol. The van der Waals surface area contributed by atoms with Gasteiger partial charge < -0.3 is 4.42 Å². The summed E-state index contributed by atoms with van der Waals surface area (Å²) in [6, 6.07) is 37.7. The normalized spacial score (nSPS) is 11.9. The first-order chi connectivity index (χ1) is 18.3. The van der Waals surface area contributed by atoms with Crippen molar-refractivity contribution in [1.29, 1.82) is 0 Å². The molecule has 0 saturated carbocycles. The molecule has 0 fully saturated rings. The van der Waals surface area contributed by atoms with Crippen LogP contribution in [0.4, 0.5) is 0 Å². The molecule has 8 rings (SSSR count). The summed E-state index contributed by atoms with van der Waals surface area (Å²) < 4.78 is 8.94. The highest BCUT2D eigenvalue weighted by Gasteiger charge is 2.22. The monoisotopic (exact) mass is 475 g/mol. The second-order valence-electron chi connectivity index (χ2n) is 9.47. The number of aryl methyl sites for hydroxylation is 1. The number of benzene rings is 5. The summed E-state index contributed by atoms with van der Waals surface area (Å²) in [4.78, 5) is 10.1. The van der Waals surface area contributed by atoms with Gasteiger partial charge in [-0.15, -0.1) is 0 Å². The second-order valence-corrected chi connectivity index (χ2v) is 9.47. The number of hydrogen-bond acceptors (Lipinski definition) is 3. The summed E-state index contributed by atoms with van der Waals surface area (Å²) in [6.07, 6.45) is 0. The summed E-state index contributed by atoms with van der Waals surface area (Å²) in [6.45, 7) is 2.04. The van der Waals surface area contributed by atoms with Gasteiger partial charge in [-0.1, -0.05) is 78.9 Å². The molecule has 0 spiro atoms. The van der Waals surface area contributed by atoms with Gasteiger partial charge in [0.2, 0.25) is 0 Å². The SMILES string of the molecule is Cc1nc2ccccc2c2c1nc(-c1cccc3c1oc1c4ccccc4ccc31)n2-c1ccccc1. The van der Waals surface area contributed by atoms with E-state index in [0.29, 0.717) is 0 Å². The molecule has 37 heavy (non-hydrogen) atoms. The minimum absolute atomic E-state index is 0.844. The third-order valence-corrected chi connectivity index (χ3v) is 7.31. The first-order valence-electron chi connectivity index (χ1n) is 12.4. The Hall–Kier alpha value is -4.96. The van der Waals surface area contributed by atoms with E-state index in [1.807, 2.05) is 19.1 Å². The Morgan fingerprint density at radius 2 is 1.32 bits per heavy atom. The lowest BCUT2D eigenvalue weighted by Gasteiger charge is -2.11. The Labute approximate surface area is 212 Å². The van der Waals surface area contributed by atoms with Crippen LogP contribution in [-0.2, 0) is 0 Å². The molecule has 0 amide bonds. The highest BCUT2D eigenvalue weighted by molar-refractivity contribution is 6.17. The van der Waals surface area contributed by atoms with Crippen LogP contribution in [0.15, 0.2) is 114 Å². The highest BCUT2D eigenvalue weighted by Crippen LogP contribution is 2.41. The molecule has 174 valence electrons. The molecule has 0 aliphatic heterocycles. The van der Waals surface area contributed by atoms with Crippen LogP contribution in [0.5, 0.6) is 0 Å². The number of rotatable bonds is 2. The predicted molar refractivity (Wildman–Crippen MR) is 151 cm³/mol. The Morgan fingerprint density at radius 1 is 0.595 bits per heavy atom. The smallest absolute Gasteiger partial charge is 0.149 e. The fourth-order valence-electron chi connectivity index (χ4n) is 5.64. The number of pyridine rings is 1. The van der Waals surface area contributed by atoms with Gasteiger partial charge in [-0.2, -0.15) is 0 Å². The third-order valence-electron chi connectivity index (χ3n) is 7.31. The van der Waals surface area contributed by atoms with Gasteiger partial charge in [0.25, 0.3) is 0 Å². The number of hydrogen-bond donors (Lipinski definition) is 0. The van der Waals surface area contributed by atoms with Gasteiger partial charge in [-0.3, -0.25) is 9.55 Å². The molecule has 0 bridgehead atoms. The molecule has 4 heteroatoms. The van der Waals surface area contributed by atoms with Crippen molar-refractivity contribution in [2.24, 2.45) is 0 Å². The van der Waals surface area contributed by atoms with E-state index in [0.717, 1.165) is 72.0 Å². The van der Waals surface area contributed by atoms with Gasteiger partial charge in [0.15, 0.2) is 0 Å². The van der Waals surface area contributed by atoms with Crippen molar-refractivity contribution in [2.45, 2.75) is 6.92 Å². The minimum atomic E-state index is 0.844. The molecule has 3 aromatic heterocycles. The van der Waals surface area contributed by atoms with Crippen LogP contribution in [0.25, 0.3) is 71.7 Å². The third kappa shape index (κ3) is 2.84. The van der Waals surface area contributed by atoms with Gasteiger partial charge in [0.05, 0.1) is 22.3 Å². The van der Waals surface area contributed by atoms with E-state index in [1.54, 1.807) is 0 Å². The van der Waals surface area contributed by atoms with Crippen molar-refractivity contribution in [1.82, 2.24) is 14.5 Å². The second kappa shape index (κ2) is 7.52. The van der Waals surface area contributed by atoms with Gasteiger partial charge in [-0.05, 0) is 42.6 Å². The van der Waals surface area contributed by atoms with Crippen molar-refractivity contribution in [2.75, 3.05) is 0 Å². The zero-order valence-corrected chi connectivity index (χ0v) is 20.1. The van der Waals surface area contributed by atoms with Crippen LogP contribution in [0.3, 0.4) is 0 Å². The van der Waals surface area contributed by atoms with Crippen molar-refractivity contribution >= 4 is 54.6 Å². The Morgan fingerprint density at radius 3 is 2.22 bits per heavy atom. The number of nitrogens with zero attached hydrogens (tertiary/aromatic N) is 3. The molecule has 3 heterocycles. The first-order valence-corrected chi connectivity index (χ1v) is 12.4. The zero-order valence-electron chi connectivity index (χ0n) is 20.1. The number of furan rings is 1. The highest BCUT2D eigenvalue weighted by atomic mass is 16.3. The number of aromatic nitrogens is 3. The van der Waals surface area contributed by atoms with E-state index in [9.17, 15) is 0 Å². The molecule has 0 N–H and O–H groups in total. The standard InChI is InChI=1S/C33H21N3O/c1-20-29-30(26-14-7-8-17-28(26)34-20)36(22-11-3-2-4-12-22)33(35-29)27-16-9-15-24-25-19-18-21-10-5-6-13-23(21)31(25)37-32(24)27/h2-19H,1H3. The van der Waals surface area contributed by atoms with Gasteiger partial charge in [0.1, 0.15) is 22.5 Å². The van der Waals surface area contributed by atoms with E-state index in [2.05, 4.69) is 102 Å². The van der Waals surface area contributed by atoms with E-state index in [-0.39, 0.29) is 0 Å². The number of fused-ring (bicyclic) bond motifs is 8. The molecule has 8 aromatic rings. The first kappa shape index (κ1) is 20.3. The molecule has 0 atom stereocenters. The van der Waals surface area contributed by atoms with E-state index < -0.39 is 0 Å². The molecular weight excluding hydrogens is 454 g/mol. The predicted octanol–water partition coefficient (Wildman–Crippen LogP) is 8.60. The maximum Gasteiger partial charge on any atom is 0.149 e. The van der Waals surface area contributed by atoms with Crippen LogP contribution in [-0.4, -0.2) is 14.5 Å². The van der Waals surface area contributed by atoms with Gasteiger partial charge in [-0.25, -0.2) is 4.98 Å². The largest absolute Gasteiger partial charge is 0.455 e. The number of para-hydroxylation sites is 3. The fourth-order valence-corrected chi connectivity index (χ4v) is 5.64. The quantitative estimate of drug-likeness (QED) is 0.251. The molecule has 0 aliphatic rings. The van der Waals surface area contributed by atoms with Crippen LogP contribution in [0.1, 0.15) is 5.69 Å².